The lowest BCUT2D eigenvalue weighted by atomic mass is 9.73. The molecule has 0 fully saturated rings. The van der Waals surface area contributed by atoms with Gasteiger partial charge in [-0.3, -0.25) is 0 Å². The van der Waals surface area contributed by atoms with Gasteiger partial charge in [0.2, 0.25) is 0 Å². The van der Waals surface area contributed by atoms with Crippen molar-refractivity contribution in [1.29, 1.82) is 0 Å². The van der Waals surface area contributed by atoms with E-state index in [2.05, 4.69) is 40.7 Å². The van der Waals surface area contributed by atoms with Gasteiger partial charge in [-0.1, -0.05) is 26.8 Å². The molecule has 0 saturated heterocycles. The summed E-state index contributed by atoms with van der Waals surface area (Å²) < 4.78 is 0. The molecule has 1 heteroatoms. The van der Waals surface area contributed by atoms with Crippen molar-refractivity contribution < 1.29 is 4.79 Å². The third kappa shape index (κ3) is 1.94. The molecular formula is C18H26O. The zero-order valence-corrected chi connectivity index (χ0v) is 13.3. The number of hydrogen-bond acceptors (Lipinski definition) is 1. The molecule has 1 aliphatic carbocycles. The molecule has 1 aliphatic rings. The topological polar surface area (TPSA) is 17.1 Å². The van der Waals surface area contributed by atoms with Crippen molar-refractivity contribution in [3.8, 4) is 0 Å². The van der Waals surface area contributed by atoms with E-state index in [1.807, 2.05) is 13.8 Å². The predicted molar refractivity (Wildman–Crippen MR) is 80.9 cm³/mol. The molecule has 2 rings (SSSR count). The number of aldehydes is 1. The Morgan fingerprint density at radius 3 is 2.42 bits per heavy atom. The summed E-state index contributed by atoms with van der Waals surface area (Å²) in [6, 6.07) is 2.31. The third-order valence-corrected chi connectivity index (χ3v) is 5.20. The minimum atomic E-state index is -0.398. The lowest BCUT2D eigenvalue weighted by Crippen LogP contribution is -2.26. The SMILES string of the molecule is Cc1cc2c(c(C)c1C(C)(C)C=O)C(C)(C)C(C)C2. The van der Waals surface area contributed by atoms with Crippen LogP contribution in [0.2, 0.25) is 0 Å². The summed E-state index contributed by atoms with van der Waals surface area (Å²) >= 11 is 0. The highest BCUT2D eigenvalue weighted by Crippen LogP contribution is 2.47. The molecule has 1 aromatic rings. The zero-order valence-electron chi connectivity index (χ0n) is 13.3. The van der Waals surface area contributed by atoms with Crippen LogP contribution in [0, 0.1) is 19.8 Å². The summed E-state index contributed by atoms with van der Waals surface area (Å²) in [6.07, 6.45) is 2.24. The Morgan fingerprint density at radius 1 is 1.32 bits per heavy atom. The second kappa shape index (κ2) is 4.19. The van der Waals surface area contributed by atoms with Crippen LogP contribution in [0.25, 0.3) is 0 Å². The lowest BCUT2D eigenvalue weighted by Gasteiger charge is -2.31. The number of carbonyl (C=O) groups excluding carboxylic acids is 1. The van der Waals surface area contributed by atoms with Crippen LogP contribution in [0.1, 0.15) is 62.4 Å². The van der Waals surface area contributed by atoms with E-state index in [9.17, 15) is 4.79 Å². The standard InChI is InChI=1S/C18H26O/c1-11-8-14-9-12(2)18(6,7)16(14)13(3)15(11)17(4,5)10-19/h8,10,12H,9H2,1-7H3. The second-order valence-corrected chi connectivity index (χ2v) is 7.39. The van der Waals surface area contributed by atoms with E-state index in [-0.39, 0.29) is 5.41 Å². The van der Waals surface area contributed by atoms with Crippen molar-refractivity contribution in [2.75, 3.05) is 0 Å². The summed E-state index contributed by atoms with van der Waals surface area (Å²) in [5, 5.41) is 0. The molecule has 1 aromatic carbocycles. The van der Waals surface area contributed by atoms with Crippen molar-refractivity contribution in [3.05, 3.63) is 33.9 Å². The van der Waals surface area contributed by atoms with Gasteiger partial charge in [-0.25, -0.2) is 0 Å². The molecule has 0 radical (unpaired) electrons. The van der Waals surface area contributed by atoms with Crippen molar-refractivity contribution in [2.24, 2.45) is 5.92 Å². The molecule has 0 aromatic heterocycles. The maximum Gasteiger partial charge on any atom is 0.129 e. The van der Waals surface area contributed by atoms with Crippen LogP contribution in [0.4, 0.5) is 0 Å². The highest BCUT2D eigenvalue weighted by atomic mass is 16.1. The second-order valence-electron chi connectivity index (χ2n) is 7.39. The van der Waals surface area contributed by atoms with Crippen LogP contribution in [0.15, 0.2) is 6.07 Å². The summed E-state index contributed by atoms with van der Waals surface area (Å²) in [4.78, 5) is 11.5. The highest BCUT2D eigenvalue weighted by molar-refractivity contribution is 5.71. The highest BCUT2D eigenvalue weighted by Gasteiger charge is 2.40. The van der Waals surface area contributed by atoms with Gasteiger partial charge in [0, 0.05) is 5.41 Å². The van der Waals surface area contributed by atoms with Crippen molar-refractivity contribution in [3.63, 3.8) is 0 Å². The summed E-state index contributed by atoms with van der Waals surface area (Å²) in [6.45, 7) is 15.4. The van der Waals surface area contributed by atoms with Gasteiger partial charge in [-0.15, -0.1) is 0 Å². The first kappa shape index (κ1) is 14.3. The number of rotatable bonds is 2. The smallest absolute Gasteiger partial charge is 0.129 e. The Hall–Kier alpha value is -1.11. The van der Waals surface area contributed by atoms with Crippen LogP contribution >= 0.6 is 0 Å². The summed E-state index contributed by atoms with van der Waals surface area (Å²) in [5.74, 6) is 0.662. The van der Waals surface area contributed by atoms with E-state index in [4.69, 9.17) is 0 Å². The van der Waals surface area contributed by atoms with Crippen LogP contribution < -0.4 is 0 Å². The molecule has 1 unspecified atom stereocenters. The van der Waals surface area contributed by atoms with Crippen molar-refractivity contribution in [2.45, 2.75) is 65.7 Å². The van der Waals surface area contributed by atoms with Gasteiger partial charge in [0.05, 0.1) is 0 Å². The third-order valence-electron chi connectivity index (χ3n) is 5.20. The minimum absolute atomic E-state index is 0.209. The van der Waals surface area contributed by atoms with E-state index in [1.165, 1.54) is 27.8 Å². The molecule has 1 atom stereocenters. The fraction of sp³-hybridized carbons (Fsp3) is 0.611. The van der Waals surface area contributed by atoms with Crippen molar-refractivity contribution >= 4 is 6.29 Å². The number of benzene rings is 1. The number of carbonyl (C=O) groups is 1. The largest absolute Gasteiger partial charge is 0.302 e. The molecule has 0 heterocycles. The van der Waals surface area contributed by atoms with Gasteiger partial charge in [0.25, 0.3) is 0 Å². The van der Waals surface area contributed by atoms with E-state index < -0.39 is 5.41 Å². The Labute approximate surface area is 117 Å². The van der Waals surface area contributed by atoms with Gasteiger partial charge >= 0.3 is 0 Å². The molecule has 104 valence electrons. The molecule has 0 amide bonds. The van der Waals surface area contributed by atoms with E-state index in [0.29, 0.717) is 5.92 Å². The average molecular weight is 258 g/mol. The van der Waals surface area contributed by atoms with E-state index >= 15 is 0 Å². The Bertz CT molecular complexity index is 535. The number of aryl methyl sites for hydroxylation is 1. The number of fused-ring (bicyclic) bond motifs is 1. The van der Waals surface area contributed by atoms with Crippen LogP contribution in [0.5, 0.6) is 0 Å². The van der Waals surface area contributed by atoms with Crippen LogP contribution in [0.3, 0.4) is 0 Å². The normalized spacial score (nSPS) is 21.3. The Morgan fingerprint density at radius 2 is 1.89 bits per heavy atom. The first-order chi connectivity index (χ1) is 8.63. The van der Waals surface area contributed by atoms with Gasteiger partial charge < -0.3 is 4.79 Å². The number of hydrogen-bond donors (Lipinski definition) is 0. The van der Waals surface area contributed by atoms with Gasteiger partial charge in [0.1, 0.15) is 6.29 Å². The molecule has 0 bridgehead atoms. The summed E-state index contributed by atoms with van der Waals surface area (Å²) in [7, 11) is 0. The average Bonchev–Trinajstić information content (AvgIpc) is 2.48. The summed E-state index contributed by atoms with van der Waals surface area (Å²) in [5.41, 5.74) is 6.60. The first-order valence-corrected chi connectivity index (χ1v) is 7.23. The fourth-order valence-corrected chi connectivity index (χ4v) is 4.01. The van der Waals surface area contributed by atoms with E-state index in [1.54, 1.807) is 0 Å². The predicted octanol–water partition coefficient (Wildman–Crippen LogP) is 4.25. The molecular weight excluding hydrogens is 232 g/mol. The molecule has 1 nitrogen and oxygen atoms in total. The fourth-order valence-electron chi connectivity index (χ4n) is 4.01. The molecule has 19 heavy (non-hydrogen) atoms. The maximum absolute atomic E-state index is 11.5. The minimum Gasteiger partial charge on any atom is -0.302 e. The first-order valence-electron chi connectivity index (χ1n) is 7.23. The van der Waals surface area contributed by atoms with Gasteiger partial charge in [-0.2, -0.15) is 0 Å². The monoisotopic (exact) mass is 258 g/mol. The van der Waals surface area contributed by atoms with E-state index in [0.717, 1.165) is 12.7 Å². The maximum atomic E-state index is 11.5. The van der Waals surface area contributed by atoms with Crippen LogP contribution in [-0.4, -0.2) is 6.29 Å². The quantitative estimate of drug-likeness (QED) is 0.725. The molecule has 0 spiro atoms. The van der Waals surface area contributed by atoms with Gasteiger partial charge in [0.15, 0.2) is 0 Å². The Kier molecular flexibility index (Phi) is 3.16. The Balaban J connectivity index is 2.77. The zero-order chi connectivity index (χ0) is 14.6. The molecule has 0 aliphatic heterocycles. The molecule has 0 saturated carbocycles. The van der Waals surface area contributed by atoms with Crippen molar-refractivity contribution in [1.82, 2.24) is 0 Å². The molecule has 0 N–H and O–H groups in total. The van der Waals surface area contributed by atoms with Crippen LogP contribution in [-0.2, 0) is 22.0 Å². The lowest BCUT2D eigenvalue weighted by molar-refractivity contribution is -0.111. The van der Waals surface area contributed by atoms with Gasteiger partial charge in [-0.05, 0) is 73.3 Å².